The summed E-state index contributed by atoms with van der Waals surface area (Å²) in [5.41, 5.74) is 0. The van der Waals surface area contributed by atoms with E-state index >= 15 is 0 Å². The third-order valence-corrected chi connectivity index (χ3v) is 7.55. The van der Waals surface area contributed by atoms with Gasteiger partial charge in [-0.25, -0.2) is 4.98 Å². The highest BCUT2D eigenvalue weighted by molar-refractivity contribution is 8.07. The smallest absolute Gasteiger partial charge is 0.127 e. The summed E-state index contributed by atoms with van der Waals surface area (Å²) in [6, 6.07) is 0.374. The van der Waals surface area contributed by atoms with Gasteiger partial charge in [0, 0.05) is 40.4 Å². The lowest BCUT2D eigenvalue weighted by Crippen LogP contribution is -2.39. The van der Waals surface area contributed by atoms with E-state index in [9.17, 15) is 0 Å². The Morgan fingerprint density at radius 3 is 2.81 bits per heavy atom. The summed E-state index contributed by atoms with van der Waals surface area (Å²) in [4.78, 5) is 4.69. The fraction of sp³-hybridized carbons (Fsp3) is 0.812. The topological polar surface area (TPSA) is 29.9 Å². The molecule has 1 aliphatic heterocycles. The highest BCUT2D eigenvalue weighted by atomic mass is 32.2. The van der Waals surface area contributed by atoms with E-state index in [-0.39, 0.29) is 0 Å². The van der Waals surface area contributed by atoms with Crippen molar-refractivity contribution >= 4 is 23.5 Å². The van der Waals surface area contributed by atoms with Crippen LogP contribution in [-0.2, 0) is 6.54 Å². The second-order valence-electron chi connectivity index (χ2n) is 5.83. The molecule has 0 amide bonds. The lowest BCUT2D eigenvalue weighted by Gasteiger charge is -2.36. The van der Waals surface area contributed by atoms with Crippen molar-refractivity contribution in [2.24, 2.45) is 0 Å². The largest absolute Gasteiger partial charge is 0.334 e. The number of thioether (sulfide) groups is 2. The lowest BCUT2D eigenvalue weighted by molar-refractivity contribution is 0.475. The van der Waals surface area contributed by atoms with Crippen molar-refractivity contribution in [2.75, 3.05) is 12.3 Å². The molecule has 120 valence electrons. The number of hydrogen-bond donors (Lipinski definition) is 1. The number of rotatable bonds is 7. The van der Waals surface area contributed by atoms with E-state index in [1.165, 1.54) is 18.0 Å². The molecule has 1 fully saturated rings. The fourth-order valence-corrected chi connectivity index (χ4v) is 5.78. The summed E-state index contributed by atoms with van der Waals surface area (Å²) in [5, 5.41) is 5.85. The number of imidazole rings is 1. The maximum Gasteiger partial charge on any atom is 0.127 e. The first-order chi connectivity index (χ1) is 10.2. The molecule has 0 aliphatic carbocycles. The van der Waals surface area contributed by atoms with Gasteiger partial charge in [0.25, 0.3) is 0 Å². The van der Waals surface area contributed by atoms with Crippen LogP contribution in [-0.4, -0.2) is 37.6 Å². The van der Waals surface area contributed by atoms with Crippen LogP contribution in [0.25, 0.3) is 0 Å². The van der Waals surface area contributed by atoms with Crippen molar-refractivity contribution < 1.29 is 0 Å². The Morgan fingerprint density at radius 1 is 1.33 bits per heavy atom. The summed E-state index contributed by atoms with van der Waals surface area (Å²) >= 11 is 4.26. The number of aryl methyl sites for hydroxylation is 1. The van der Waals surface area contributed by atoms with E-state index in [1.807, 2.05) is 6.20 Å². The standard InChI is InChI=1S/C16H29N3S2/c1-5-7-17-15(14-11-20-12(3)13(4)21-14)16-18-8-10-19(16)9-6-2/h8,10,12-15,17H,5-7,9,11H2,1-4H3. The number of nitrogens with zero attached hydrogens (tertiary/aromatic N) is 2. The van der Waals surface area contributed by atoms with E-state index in [0.29, 0.717) is 16.5 Å². The maximum absolute atomic E-state index is 4.69. The second kappa shape index (κ2) is 8.49. The third-order valence-electron chi connectivity index (χ3n) is 4.05. The van der Waals surface area contributed by atoms with Crippen molar-refractivity contribution in [3.05, 3.63) is 18.2 Å². The SMILES string of the molecule is CCCNC(c1nccn1CCC)C1CSC(C)C(C)S1. The predicted octanol–water partition coefficient (Wildman–Crippen LogP) is 3.96. The van der Waals surface area contributed by atoms with Gasteiger partial charge in [-0.2, -0.15) is 23.5 Å². The molecular weight excluding hydrogens is 298 g/mol. The van der Waals surface area contributed by atoms with Crippen molar-refractivity contribution in [1.82, 2.24) is 14.9 Å². The van der Waals surface area contributed by atoms with Crippen LogP contribution in [0.5, 0.6) is 0 Å². The molecule has 1 aromatic rings. The van der Waals surface area contributed by atoms with Gasteiger partial charge < -0.3 is 9.88 Å². The van der Waals surface area contributed by atoms with E-state index in [4.69, 9.17) is 0 Å². The van der Waals surface area contributed by atoms with Crippen molar-refractivity contribution in [3.63, 3.8) is 0 Å². The molecule has 0 bridgehead atoms. The zero-order chi connectivity index (χ0) is 15.2. The van der Waals surface area contributed by atoms with Crippen LogP contribution in [0.15, 0.2) is 12.4 Å². The van der Waals surface area contributed by atoms with Crippen LogP contribution in [0.2, 0.25) is 0 Å². The Hall–Kier alpha value is -0.130. The van der Waals surface area contributed by atoms with Crippen LogP contribution in [0.4, 0.5) is 0 Å². The quantitative estimate of drug-likeness (QED) is 0.821. The molecule has 2 rings (SSSR count). The van der Waals surface area contributed by atoms with E-state index in [2.05, 4.69) is 72.3 Å². The minimum Gasteiger partial charge on any atom is -0.334 e. The molecule has 1 N–H and O–H groups in total. The fourth-order valence-electron chi connectivity index (χ4n) is 2.70. The van der Waals surface area contributed by atoms with Crippen molar-refractivity contribution in [2.45, 2.75) is 68.9 Å². The molecule has 0 saturated carbocycles. The van der Waals surface area contributed by atoms with Gasteiger partial charge in [-0.1, -0.05) is 27.7 Å². The molecule has 1 aromatic heterocycles. The monoisotopic (exact) mass is 327 g/mol. The van der Waals surface area contributed by atoms with Gasteiger partial charge in [0.15, 0.2) is 0 Å². The van der Waals surface area contributed by atoms with Gasteiger partial charge in [-0.15, -0.1) is 0 Å². The minimum atomic E-state index is 0.374. The molecule has 0 spiro atoms. The summed E-state index contributed by atoms with van der Waals surface area (Å²) in [5.74, 6) is 2.45. The molecule has 1 saturated heterocycles. The molecule has 0 radical (unpaired) electrons. The molecular formula is C16H29N3S2. The lowest BCUT2D eigenvalue weighted by atomic mass is 10.2. The second-order valence-corrected chi connectivity index (χ2v) is 8.86. The van der Waals surface area contributed by atoms with Gasteiger partial charge in [0.2, 0.25) is 0 Å². The summed E-state index contributed by atoms with van der Waals surface area (Å²) in [7, 11) is 0. The summed E-state index contributed by atoms with van der Waals surface area (Å²) in [6.45, 7) is 11.3. The average Bonchev–Trinajstić information content (AvgIpc) is 2.92. The molecule has 4 unspecified atom stereocenters. The highest BCUT2D eigenvalue weighted by Crippen LogP contribution is 2.40. The summed E-state index contributed by atoms with van der Waals surface area (Å²) < 4.78 is 2.33. The summed E-state index contributed by atoms with van der Waals surface area (Å²) in [6.07, 6.45) is 6.41. The van der Waals surface area contributed by atoms with Crippen molar-refractivity contribution in [3.8, 4) is 0 Å². The Kier molecular flexibility index (Phi) is 6.96. The molecule has 0 aromatic carbocycles. The first-order valence-electron chi connectivity index (χ1n) is 8.18. The molecule has 21 heavy (non-hydrogen) atoms. The molecule has 3 nitrogen and oxygen atoms in total. The van der Waals surface area contributed by atoms with Gasteiger partial charge in [-0.05, 0) is 19.4 Å². The molecule has 2 heterocycles. The van der Waals surface area contributed by atoms with Gasteiger partial charge in [0.1, 0.15) is 5.82 Å². The molecule has 4 atom stereocenters. The number of hydrogen-bond acceptors (Lipinski definition) is 4. The first kappa shape index (κ1) is 17.2. The van der Waals surface area contributed by atoms with Gasteiger partial charge >= 0.3 is 0 Å². The van der Waals surface area contributed by atoms with Crippen LogP contribution in [0, 0.1) is 0 Å². The Labute approximate surface area is 138 Å². The van der Waals surface area contributed by atoms with Crippen LogP contribution in [0.3, 0.4) is 0 Å². The Balaban J connectivity index is 2.15. The van der Waals surface area contributed by atoms with Gasteiger partial charge in [-0.3, -0.25) is 0 Å². The average molecular weight is 328 g/mol. The normalized spacial score (nSPS) is 27.7. The van der Waals surface area contributed by atoms with E-state index in [1.54, 1.807) is 0 Å². The predicted molar refractivity (Wildman–Crippen MR) is 96.3 cm³/mol. The molecule has 1 aliphatic rings. The number of aromatic nitrogens is 2. The van der Waals surface area contributed by atoms with E-state index < -0.39 is 0 Å². The Morgan fingerprint density at radius 2 is 2.14 bits per heavy atom. The van der Waals surface area contributed by atoms with Crippen LogP contribution < -0.4 is 5.32 Å². The maximum atomic E-state index is 4.69. The highest BCUT2D eigenvalue weighted by Gasteiger charge is 2.33. The third kappa shape index (κ3) is 4.42. The first-order valence-corrected chi connectivity index (χ1v) is 10.2. The Bertz CT molecular complexity index is 421. The van der Waals surface area contributed by atoms with Crippen molar-refractivity contribution in [1.29, 1.82) is 0 Å². The zero-order valence-electron chi connectivity index (χ0n) is 13.7. The zero-order valence-corrected chi connectivity index (χ0v) is 15.3. The number of nitrogens with one attached hydrogen (secondary N) is 1. The van der Waals surface area contributed by atoms with Crippen LogP contribution >= 0.6 is 23.5 Å². The molecule has 5 heteroatoms. The van der Waals surface area contributed by atoms with Gasteiger partial charge in [0.05, 0.1) is 6.04 Å². The van der Waals surface area contributed by atoms with Crippen LogP contribution in [0.1, 0.15) is 52.4 Å². The minimum absolute atomic E-state index is 0.374. The van der Waals surface area contributed by atoms with E-state index in [0.717, 1.165) is 24.8 Å².